The number of halogens is 1. The van der Waals surface area contributed by atoms with E-state index in [2.05, 4.69) is 21.1 Å². The summed E-state index contributed by atoms with van der Waals surface area (Å²) in [5.41, 5.74) is 8.69. The summed E-state index contributed by atoms with van der Waals surface area (Å²) < 4.78 is 15.4. The standard InChI is InChI=1S/C19H13FN6/c20-15-6-3-7-23-17(15)11-26-10-13-8-16(24-19(22)18(13)25-26)14-5-2-1-4-12(14)9-21/h1-8,10H,11H2,(H2,22,24). The fraction of sp³-hybridized carbons (Fsp3) is 0.0526. The predicted molar refractivity (Wildman–Crippen MR) is 95.4 cm³/mol. The number of benzene rings is 1. The van der Waals surface area contributed by atoms with Gasteiger partial charge in [0.1, 0.15) is 11.3 Å². The molecular weight excluding hydrogens is 331 g/mol. The van der Waals surface area contributed by atoms with E-state index in [1.165, 1.54) is 12.3 Å². The molecule has 0 spiro atoms. The van der Waals surface area contributed by atoms with Crippen LogP contribution in [0.4, 0.5) is 10.2 Å². The van der Waals surface area contributed by atoms with Gasteiger partial charge in [-0.05, 0) is 24.3 Å². The normalized spacial score (nSPS) is 10.8. The van der Waals surface area contributed by atoms with Gasteiger partial charge in [0, 0.05) is 23.3 Å². The lowest BCUT2D eigenvalue weighted by Crippen LogP contribution is -2.04. The lowest BCUT2D eigenvalue weighted by Gasteiger charge is -2.04. The molecule has 0 aliphatic carbocycles. The van der Waals surface area contributed by atoms with Crippen molar-refractivity contribution in [1.82, 2.24) is 19.7 Å². The number of hydrogen-bond donors (Lipinski definition) is 1. The van der Waals surface area contributed by atoms with E-state index in [9.17, 15) is 9.65 Å². The average molecular weight is 344 g/mol. The van der Waals surface area contributed by atoms with Crippen LogP contribution < -0.4 is 5.73 Å². The lowest BCUT2D eigenvalue weighted by atomic mass is 10.0. The van der Waals surface area contributed by atoms with E-state index in [1.807, 2.05) is 18.2 Å². The highest BCUT2D eigenvalue weighted by molar-refractivity contribution is 5.90. The van der Waals surface area contributed by atoms with E-state index in [0.29, 0.717) is 28.0 Å². The second-order valence-electron chi connectivity index (χ2n) is 5.75. The van der Waals surface area contributed by atoms with Gasteiger partial charge < -0.3 is 5.73 Å². The zero-order chi connectivity index (χ0) is 18.1. The number of nitrogens with zero attached hydrogens (tertiary/aromatic N) is 5. The summed E-state index contributed by atoms with van der Waals surface area (Å²) in [4.78, 5) is 8.41. The van der Waals surface area contributed by atoms with Crippen molar-refractivity contribution in [2.75, 3.05) is 5.73 Å². The molecule has 3 aromatic heterocycles. The minimum atomic E-state index is -0.387. The third kappa shape index (κ3) is 2.74. The number of nitrogen functional groups attached to an aromatic ring is 1. The predicted octanol–water partition coefficient (Wildman–Crippen LogP) is 3.13. The number of pyridine rings is 2. The third-order valence-electron chi connectivity index (χ3n) is 4.04. The maximum absolute atomic E-state index is 13.8. The number of nitriles is 1. The van der Waals surface area contributed by atoms with Gasteiger partial charge in [0.25, 0.3) is 0 Å². The molecule has 0 saturated heterocycles. The van der Waals surface area contributed by atoms with E-state index in [1.54, 1.807) is 29.1 Å². The summed E-state index contributed by atoms with van der Waals surface area (Å²) in [5.74, 6) is -0.132. The zero-order valence-electron chi connectivity index (χ0n) is 13.6. The highest BCUT2D eigenvalue weighted by atomic mass is 19.1. The molecule has 0 unspecified atom stereocenters. The summed E-state index contributed by atoms with van der Waals surface area (Å²) >= 11 is 0. The van der Waals surface area contributed by atoms with Crippen molar-refractivity contribution in [3.05, 3.63) is 71.9 Å². The number of anilines is 1. The summed E-state index contributed by atoms with van der Waals surface area (Å²) in [6, 6.07) is 14.1. The first-order chi connectivity index (χ1) is 12.7. The van der Waals surface area contributed by atoms with Crippen molar-refractivity contribution in [1.29, 1.82) is 5.26 Å². The quantitative estimate of drug-likeness (QED) is 0.616. The van der Waals surface area contributed by atoms with Gasteiger partial charge in [-0.25, -0.2) is 9.37 Å². The second kappa shape index (κ2) is 6.26. The summed E-state index contributed by atoms with van der Waals surface area (Å²) in [5, 5.41) is 14.4. The molecular formula is C19H13FN6. The van der Waals surface area contributed by atoms with Gasteiger partial charge in [-0.3, -0.25) is 9.67 Å². The number of rotatable bonds is 3. The van der Waals surface area contributed by atoms with E-state index in [4.69, 9.17) is 5.73 Å². The molecule has 1 aromatic carbocycles. The van der Waals surface area contributed by atoms with E-state index >= 15 is 0 Å². The maximum atomic E-state index is 13.8. The van der Waals surface area contributed by atoms with Gasteiger partial charge in [0.2, 0.25) is 0 Å². The van der Waals surface area contributed by atoms with E-state index in [0.717, 1.165) is 5.39 Å². The first kappa shape index (κ1) is 15.7. The van der Waals surface area contributed by atoms with Crippen molar-refractivity contribution in [3.8, 4) is 17.3 Å². The van der Waals surface area contributed by atoms with Crippen LogP contribution in [0.3, 0.4) is 0 Å². The molecule has 4 rings (SSSR count). The molecule has 0 amide bonds. The maximum Gasteiger partial charge on any atom is 0.152 e. The smallest absolute Gasteiger partial charge is 0.152 e. The van der Waals surface area contributed by atoms with E-state index < -0.39 is 0 Å². The number of hydrogen-bond acceptors (Lipinski definition) is 5. The number of nitrogens with two attached hydrogens (primary N) is 1. The monoisotopic (exact) mass is 344 g/mol. The number of fused-ring (bicyclic) bond motifs is 1. The van der Waals surface area contributed by atoms with Crippen LogP contribution in [-0.2, 0) is 6.54 Å². The molecule has 0 atom stereocenters. The van der Waals surface area contributed by atoms with Crippen molar-refractivity contribution in [3.63, 3.8) is 0 Å². The summed E-state index contributed by atoms with van der Waals surface area (Å²) in [7, 11) is 0. The van der Waals surface area contributed by atoms with Crippen LogP contribution in [-0.4, -0.2) is 19.7 Å². The van der Waals surface area contributed by atoms with Gasteiger partial charge in [-0.2, -0.15) is 10.4 Å². The highest BCUT2D eigenvalue weighted by Gasteiger charge is 2.13. The molecule has 126 valence electrons. The van der Waals surface area contributed by atoms with Crippen molar-refractivity contribution in [2.24, 2.45) is 0 Å². The number of aromatic nitrogens is 4. The first-order valence-electron chi connectivity index (χ1n) is 7.88. The van der Waals surface area contributed by atoms with Gasteiger partial charge >= 0.3 is 0 Å². The molecule has 6 nitrogen and oxygen atoms in total. The molecule has 0 bridgehead atoms. The molecule has 4 aromatic rings. The summed E-state index contributed by atoms with van der Waals surface area (Å²) in [6.07, 6.45) is 3.30. The molecule has 7 heteroatoms. The molecule has 2 N–H and O–H groups in total. The Hall–Kier alpha value is -3.79. The third-order valence-corrected chi connectivity index (χ3v) is 4.04. The SMILES string of the molecule is N#Cc1ccccc1-c1cc2cn(Cc3ncccc3F)nc2c(N)n1. The Kier molecular flexibility index (Phi) is 3.78. The van der Waals surface area contributed by atoms with Crippen molar-refractivity contribution >= 4 is 16.7 Å². The van der Waals surface area contributed by atoms with E-state index in [-0.39, 0.29) is 18.2 Å². The van der Waals surface area contributed by atoms with Crippen LogP contribution in [0.5, 0.6) is 0 Å². The average Bonchev–Trinajstić information content (AvgIpc) is 3.07. The van der Waals surface area contributed by atoms with Crippen LogP contribution >= 0.6 is 0 Å². The zero-order valence-corrected chi connectivity index (χ0v) is 13.6. The van der Waals surface area contributed by atoms with Gasteiger partial charge in [-0.15, -0.1) is 0 Å². The Morgan fingerprint density at radius 1 is 1.19 bits per heavy atom. The molecule has 0 aliphatic rings. The van der Waals surface area contributed by atoms with Gasteiger partial charge in [-0.1, -0.05) is 18.2 Å². The largest absolute Gasteiger partial charge is 0.382 e. The minimum Gasteiger partial charge on any atom is -0.382 e. The topological polar surface area (TPSA) is 93.4 Å². The summed E-state index contributed by atoms with van der Waals surface area (Å²) in [6.45, 7) is 0.185. The minimum absolute atomic E-state index is 0.185. The second-order valence-corrected chi connectivity index (χ2v) is 5.75. The molecule has 0 saturated carbocycles. The van der Waals surface area contributed by atoms with Crippen LogP contribution in [0.2, 0.25) is 0 Å². The lowest BCUT2D eigenvalue weighted by molar-refractivity contribution is 0.572. The molecule has 26 heavy (non-hydrogen) atoms. The Balaban J connectivity index is 1.79. The Morgan fingerprint density at radius 3 is 2.85 bits per heavy atom. The van der Waals surface area contributed by atoms with Crippen LogP contribution in [0.1, 0.15) is 11.3 Å². The van der Waals surface area contributed by atoms with Crippen LogP contribution in [0, 0.1) is 17.1 Å². The molecule has 0 radical (unpaired) electrons. The van der Waals surface area contributed by atoms with Crippen molar-refractivity contribution < 1.29 is 4.39 Å². The Bertz CT molecular complexity index is 1160. The van der Waals surface area contributed by atoms with Gasteiger partial charge in [0.15, 0.2) is 5.82 Å². The van der Waals surface area contributed by atoms with Crippen LogP contribution in [0.15, 0.2) is 54.9 Å². The first-order valence-corrected chi connectivity index (χ1v) is 7.88. The molecule has 0 fully saturated rings. The van der Waals surface area contributed by atoms with Crippen LogP contribution in [0.25, 0.3) is 22.2 Å². The van der Waals surface area contributed by atoms with Crippen molar-refractivity contribution in [2.45, 2.75) is 6.54 Å². The fourth-order valence-corrected chi connectivity index (χ4v) is 2.81. The molecule has 3 heterocycles. The Morgan fingerprint density at radius 2 is 2.04 bits per heavy atom. The highest BCUT2D eigenvalue weighted by Crippen LogP contribution is 2.27. The Labute approximate surface area is 148 Å². The fourth-order valence-electron chi connectivity index (χ4n) is 2.81. The molecule has 0 aliphatic heterocycles. The van der Waals surface area contributed by atoms with Gasteiger partial charge in [0.05, 0.1) is 29.6 Å².